The van der Waals surface area contributed by atoms with Crippen LogP contribution in [0, 0.1) is 0 Å². The van der Waals surface area contributed by atoms with Gasteiger partial charge in [-0.1, -0.05) is 0 Å². The first-order valence-electron chi connectivity index (χ1n) is 4.24. The number of hydrogen-bond donors (Lipinski definition) is 1. The van der Waals surface area contributed by atoms with Gasteiger partial charge in [0.25, 0.3) is 0 Å². The van der Waals surface area contributed by atoms with E-state index in [4.69, 9.17) is 5.11 Å². The molecule has 0 atom stereocenters. The molecule has 0 radical (unpaired) electrons. The summed E-state index contributed by atoms with van der Waals surface area (Å²) in [6, 6.07) is 1.88. The van der Waals surface area contributed by atoms with Crippen LogP contribution < -0.4 is 0 Å². The van der Waals surface area contributed by atoms with Crippen molar-refractivity contribution in [2.75, 3.05) is 0 Å². The third-order valence-electron chi connectivity index (χ3n) is 1.82. The van der Waals surface area contributed by atoms with E-state index < -0.39 is 17.9 Å². The molecule has 2 rings (SSSR count). The maximum atomic E-state index is 12.2. The highest BCUT2D eigenvalue weighted by Crippen LogP contribution is 2.34. The Morgan fingerprint density at radius 3 is 2.59 bits per heavy atom. The van der Waals surface area contributed by atoms with E-state index in [9.17, 15) is 18.0 Å². The van der Waals surface area contributed by atoms with E-state index in [-0.39, 0.29) is 16.5 Å². The molecule has 17 heavy (non-hydrogen) atoms. The molecule has 90 valence electrons. The number of alkyl halides is 3. The number of rotatable bonds is 2. The number of hydrogen-bond acceptors (Lipinski definition) is 4. The van der Waals surface area contributed by atoms with Gasteiger partial charge in [-0.15, -0.1) is 11.3 Å². The summed E-state index contributed by atoms with van der Waals surface area (Å²) >= 11 is 0.902. The third kappa shape index (κ3) is 2.31. The summed E-state index contributed by atoms with van der Waals surface area (Å²) in [7, 11) is 0. The molecule has 0 fully saturated rings. The number of carbonyl (C=O) groups is 1. The average Bonchev–Trinajstić information content (AvgIpc) is 2.85. The maximum Gasteiger partial charge on any atom is 0.449 e. The van der Waals surface area contributed by atoms with E-state index in [1.165, 1.54) is 5.38 Å². The molecule has 0 bridgehead atoms. The van der Waals surface area contributed by atoms with Crippen LogP contribution in [0.2, 0.25) is 0 Å². The highest BCUT2D eigenvalue weighted by molar-refractivity contribution is 7.13. The predicted octanol–water partition coefficient (Wildman–Crippen LogP) is 3.12. The first-order valence-corrected chi connectivity index (χ1v) is 5.12. The van der Waals surface area contributed by atoms with E-state index in [1.54, 1.807) is 0 Å². The van der Waals surface area contributed by atoms with Crippen LogP contribution in [0.5, 0.6) is 0 Å². The molecule has 0 aliphatic carbocycles. The smallest absolute Gasteiger partial charge is 0.449 e. The zero-order chi connectivity index (χ0) is 12.6. The third-order valence-corrected chi connectivity index (χ3v) is 2.68. The predicted molar refractivity (Wildman–Crippen MR) is 51.8 cm³/mol. The summed E-state index contributed by atoms with van der Waals surface area (Å²) in [6.45, 7) is 0. The molecule has 0 saturated heterocycles. The van der Waals surface area contributed by atoms with Crippen LogP contribution in [0.4, 0.5) is 13.2 Å². The molecular formula is C9H4F3NO3S. The topological polar surface area (TPSA) is 63.3 Å². The number of thiazole rings is 1. The Balaban J connectivity index is 2.34. The van der Waals surface area contributed by atoms with Gasteiger partial charge in [0.1, 0.15) is 0 Å². The lowest BCUT2D eigenvalue weighted by atomic mass is 10.4. The zero-order valence-electron chi connectivity index (χ0n) is 7.99. The molecule has 0 aliphatic heterocycles. The second-order valence-corrected chi connectivity index (χ2v) is 3.86. The molecule has 0 aromatic carbocycles. The SMILES string of the molecule is O=C(O)c1csc(-c2ccc(C(F)(F)F)o2)n1. The van der Waals surface area contributed by atoms with Gasteiger partial charge in [0.2, 0.25) is 5.76 Å². The van der Waals surface area contributed by atoms with Crippen LogP contribution in [0.1, 0.15) is 16.2 Å². The number of halogens is 3. The molecule has 1 N–H and O–H groups in total. The fourth-order valence-corrected chi connectivity index (χ4v) is 1.84. The van der Waals surface area contributed by atoms with E-state index in [0.29, 0.717) is 0 Å². The molecule has 4 nitrogen and oxygen atoms in total. The van der Waals surface area contributed by atoms with Crippen LogP contribution in [0.3, 0.4) is 0 Å². The summed E-state index contributed by atoms with van der Waals surface area (Å²) in [6.07, 6.45) is -4.56. The van der Waals surface area contributed by atoms with E-state index in [1.807, 2.05) is 0 Å². The van der Waals surface area contributed by atoms with Gasteiger partial charge in [0.15, 0.2) is 16.5 Å². The largest absolute Gasteiger partial charge is 0.476 e. The number of carboxylic acids is 1. The summed E-state index contributed by atoms with van der Waals surface area (Å²) < 4.78 is 41.3. The monoisotopic (exact) mass is 263 g/mol. The number of aromatic nitrogens is 1. The van der Waals surface area contributed by atoms with Crippen LogP contribution in [0.25, 0.3) is 10.8 Å². The Kier molecular flexibility index (Phi) is 2.66. The summed E-state index contributed by atoms with van der Waals surface area (Å²) in [4.78, 5) is 14.2. The molecular weight excluding hydrogens is 259 g/mol. The molecule has 0 unspecified atom stereocenters. The average molecular weight is 263 g/mol. The fourth-order valence-electron chi connectivity index (χ4n) is 1.09. The number of aromatic carboxylic acids is 1. The van der Waals surface area contributed by atoms with E-state index >= 15 is 0 Å². The molecule has 0 saturated carbocycles. The van der Waals surface area contributed by atoms with Crippen molar-refractivity contribution < 1.29 is 27.5 Å². The molecule has 2 heterocycles. The maximum absolute atomic E-state index is 12.2. The van der Waals surface area contributed by atoms with Gasteiger partial charge in [0.05, 0.1) is 0 Å². The Morgan fingerprint density at radius 2 is 2.12 bits per heavy atom. The minimum Gasteiger partial charge on any atom is -0.476 e. The number of carboxylic acid groups (broad SMARTS) is 1. The van der Waals surface area contributed by atoms with Gasteiger partial charge in [-0.2, -0.15) is 13.2 Å². The Bertz CT molecular complexity index is 558. The normalized spacial score (nSPS) is 11.7. The Morgan fingerprint density at radius 1 is 1.41 bits per heavy atom. The minimum atomic E-state index is -4.56. The first-order chi connectivity index (χ1) is 7.88. The second-order valence-electron chi connectivity index (χ2n) is 3.00. The molecule has 2 aromatic rings. The van der Waals surface area contributed by atoms with Crippen molar-refractivity contribution in [3.63, 3.8) is 0 Å². The first kappa shape index (κ1) is 11.6. The van der Waals surface area contributed by atoms with E-state index in [0.717, 1.165) is 23.5 Å². The van der Waals surface area contributed by atoms with Gasteiger partial charge < -0.3 is 9.52 Å². The van der Waals surface area contributed by atoms with Gasteiger partial charge >= 0.3 is 12.1 Å². The lowest BCUT2D eigenvalue weighted by Gasteiger charge is -1.99. The lowest BCUT2D eigenvalue weighted by molar-refractivity contribution is -0.152. The standard InChI is InChI=1S/C9H4F3NO3S/c10-9(11,12)6-2-1-5(16-6)7-13-4(3-17-7)8(14)15/h1-3H,(H,14,15). The van der Waals surface area contributed by atoms with Crippen LogP contribution >= 0.6 is 11.3 Å². The molecule has 0 amide bonds. The lowest BCUT2D eigenvalue weighted by Crippen LogP contribution is -2.01. The summed E-state index contributed by atoms with van der Waals surface area (Å²) in [5, 5.41) is 9.94. The van der Waals surface area contributed by atoms with Crippen LogP contribution in [-0.4, -0.2) is 16.1 Å². The highest BCUT2D eigenvalue weighted by Gasteiger charge is 2.35. The summed E-state index contributed by atoms with van der Waals surface area (Å²) in [5.74, 6) is -2.48. The summed E-state index contributed by atoms with van der Waals surface area (Å²) in [5.41, 5.74) is -0.227. The highest BCUT2D eigenvalue weighted by atomic mass is 32.1. The van der Waals surface area contributed by atoms with Gasteiger partial charge in [-0.05, 0) is 12.1 Å². The number of furan rings is 1. The second kappa shape index (κ2) is 3.88. The van der Waals surface area contributed by atoms with Crippen LogP contribution in [-0.2, 0) is 6.18 Å². The van der Waals surface area contributed by atoms with Crippen molar-refractivity contribution in [3.05, 3.63) is 29.0 Å². The Labute approximate surface area is 96.3 Å². The van der Waals surface area contributed by atoms with Crippen molar-refractivity contribution in [1.82, 2.24) is 4.98 Å². The molecule has 0 aliphatic rings. The van der Waals surface area contributed by atoms with Gasteiger partial charge in [-0.25, -0.2) is 9.78 Å². The van der Waals surface area contributed by atoms with Crippen molar-refractivity contribution in [1.29, 1.82) is 0 Å². The molecule has 2 aromatic heterocycles. The van der Waals surface area contributed by atoms with Gasteiger partial charge in [-0.3, -0.25) is 0 Å². The van der Waals surface area contributed by atoms with Crippen molar-refractivity contribution >= 4 is 17.3 Å². The van der Waals surface area contributed by atoms with Crippen molar-refractivity contribution in [2.24, 2.45) is 0 Å². The van der Waals surface area contributed by atoms with Gasteiger partial charge in [0, 0.05) is 5.38 Å². The minimum absolute atomic E-state index is 0.0953. The number of nitrogens with zero attached hydrogens (tertiary/aromatic N) is 1. The Hall–Kier alpha value is -1.83. The van der Waals surface area contributed by atoms with Crippen molar-refractivity contribution in [3.8, 4) is 10.8 Å². The molecule has 0 spiro atoms. The quantitative estimate of drug-likeness (QED) is 0.904. The van der Waals surface area contributed by atoms with Crippen LogP contribution in [0.15, 0.2) is 21.9 Å². The fraction of sp³-hybridized carbons (Fsp3) is 0.111. The zero-order valence-corrected chi connectivity index (χ0v) is 8.80. The van der Waals surface area contributed by atoms with Crippen molar-refractivity contribution in [2.45, 2.75) is 6.18 Å². The molecule has 8 heteroatoms. The van der Waals surface area contributed by atoms with E-state index in [2.05, 4.69) is 9.40 Å².